The van der Waals surface area contributed by atoms with Crippen molar-refractivity contribution in [2.24, 2.45) is 0 Å². The Morgan fingerprint density at radius 2 is 1.90 bits per heavy atom. The number of hydrogen-bond acceptors (Lipinski definition) is 5. The second kappa shape index (κ2) is 12.4. The standard InChI is InChI=1S/C21H21Cl2N3O3.C2H6/c1-29-21(28)18(26-20(27)19-16(22)3-2-4-17(19)23)11-15-6-5-14(12-25-15)13-7-9-24-10-8-13;1-2/h2-7,12,18,24H,8-11H2,1H3,(H,26,27);1-2H3. The van der Waals surface area contributed by atoms with Crippen molar-refractivity contribution in [3.63, 3.8) is 0 Å². The number of halogens is 2. The molecule has 1 aliphatic rings. The zero-order valence-electron chi connectivity index (χ0n) is 17.9. The molecule has 0 aliphatic carbocycles. The fraction of sp³-hybridized carbons (Fsp3) is 0.348. The summed E-state index contributed by atoms with van der Waals surface area (Å²) in [7, 11) is 1.27. The molecule has 2 aromatic rings. The number of methoxy groups -OCH3 is 1. The number of nitrogens with one attached hydrogen (secondary N) is 2. The van der Waals surface area contributed by atoms with Gasteiger partial charge in [-0.25, -0.2) is 4.79 Å². The maximum Gasteiger partial charge on any atom is 0.328 e. The highest BCUT2D eigenvalue weighted by Crippen LogP contribution is 2.24. The number of pyridine rings is 1. The minimum Gasteiger partial charge on any atom is -0.467 e. The fourth-order valence-corrected chi connectivity index (χ4v) is 3.68. The lowest BCUT2D eigenvalue weighted by atomic mass is 10.0. The van der Waals surface area contributed by atoms with E-state index in [1.165, 1.54) is 12.7 Å². The Bertz CT molecular complexity index is 910. The molecule has 166 valence electrons. The van der Waals surface area contributed by atoms with Gasteiger partial charge in [-0.3, -0.25) is 9.78 Å². The van der Waals surface area contributed by atoms with Crippen LogP contribution in [0.15, 0.2) is 42.6 Å². The first kappa shape index (κ1) is 24.9. The molecule has 1 atom stereocenters. The molecule has 1 aromatic heterocycles. The average molecular weight is 464 g/mol. The van der Waals surface area contributed by atoms with E-state index in [0.717, 1.165) is 25.1 Å². The lowest BCUT2D eigenvalue weighted by Gasteiger charge is -2.18. The van der Waals surface area contributed by atoms with Gasteiger partial charge in [0.05, 0.1) is 22.7 Å². The van der Waals surface area contributed by atoms with E-state index >= 15 is 0 Å². The Balaban J connectivity index is 0.00000166. The maximum absolute atomic E-state index is 12.6. The number of esters is 1. The molecule has 2 N–H and O–H groups in total. The number of carbonyl (C=O) groups excluding carboxylic acids is 2. The molecule has 31 heavy (non-hydrogen) atoms. The van der Waals surface area contributed by atoms with Crippen LogP contribution in [0, 0.1) is 0 Å². The minimum absolute atomic E-state index is 0.117. The zero-order valence-corrected chi connectivity index (χ0v) is 19.4. The van der Waals surface area contributed by atoms with Gasteiger partial charge in [-0.2, -0.15) is 0 Å². The van der Waals surface area contributed by atoms with E-state index in [-0.39, 0.29) is 22.0 Å². The molecule has 0 fully saturated rings. The first-order valence-corrected chi connectivity index (χ1v) is 10.9. The largest absolute Gasteiger partial charge is 0.467 e. The van der Waals surface area contributed by atoms with Crippen LogP contribution in [0.25, 0.3) is 5.57 Å². The van der Waals surface area contributed by atoms with Crippen molar-refractivity contribution >= 4 is 40.7 Å². The summed E-state index contributed by atoms with van der Waals surface area (Å²) in [6.07, 6.45) is 5.06. The summed E-state index contributed by atoms with van der Waals surface area (Å²) in [6, 6.07) is 7.67. The van der Waals surface area contributed by atoms with Gasteiger partial charge in [0.1, 0.15) is 6.04 Å². The molecule has 6 nitrogen and oxygen atoms in total. The number of amides is 1. The summed E-state index contributed by atoms with van der Waals surface area (Å²) in [6.45, 7) is 5.78. The third kappa shape index (κ3) is 6.79. The van der Waals surface area contributed by atoms with Gasteiger partial charge in [0.2, 0.25) is 0 Å². The molecule has 1 aromatic carbocycles. The molecular weight excluding hydrogens is 437 g/mol. The summed E-state index contributed by atoms with van der Waals surface area (Å²) >= 11 is 12.2. The second-order valence-electron chi connectivity index (χ2n) is 6.57. The van der Waals surface area contributed by atoms with Crippen LogP contribution < -0.4 is 10.6 Å². The van der Waals surface area contributed by atoms with Crippen LogP contribution in [-0.4, -0.2) is 43.1 Å². The van der Waals surface area contributed by atoms with Gasteiger partial charge in [0.25, 0.3) is 5.91 Å². The van der Waals surface area contributed by atoms with Crippen molar-refractivity contribution in [2.45, 2.75) is 32.7 Å². The van der Waals surface area contributed by atoms with Gasteiger partial charge < -0.3 is 15.4 Å². The van der Waals surface area contributed by atoms with Crippen molar-refractivity contribution in [3.8, 4) is 0 Å². The number of carbonyl (C=O) groups is 2. The molecule has 1 aliphatic heterocycles. The predicted molar refractivity (Wildman–Crippen MR) is 124 cm³/mol. The molecule has 2 heterocycles. The monoisotopic (exact) mass is 463 g/mol. The molecule has 3 rings (SSSR count). The Hall–Kier alpha value is -2.41. The Morgan fingerprint density at radius 3 is 2.45 bits per heavy atom. The molecular formula is C23H27Cl2N3O3. The predicted octanol–water partition coefficient (Wildman–Crippen LogP) is 4.31. The van der Waals surface area contributed by atoms with Crippen LogP contribution >= 0.6 is 23.2 Å². The van der Waals surface area contributed by atoms with E-state index < -0.39 is 17.9 Å². The van der Waals surface area contributed by atoms with Crippen molar-refractivity contribution < 1.29 is 14.3 Å². The second-order valence-corrected chi connectivity index (χ2v) is 7.39. The average Bonchev–Trinajstić information content (AvgIpc) is 2.80. The van der Waals surface area contributed by atoms with Gasteiger partial charge >= 0.3 is 5.97 Å². The summed E-state index contributed by atoms with van der Waals surface area (Å²) in [4.78, 5) is 29.3. The summed E-state index contributed by atoms with van der Waals surface area (Å²) < 4.78 is 4.84. The van der Waals surface area contributed by atoms with Crippen LogP contribution in [-0.2, 0) is 16.0 Å². The highest BCUT2D eigenvalue weighted by Gasteiger charge is 2.25. The van der Waals surface area contributed by atoms with Crippen LogP contribution in [0.3, 0.4) is 0 Å². The van der Waals surface area contributed by atoms with Crippen molar-refractivity contribution in [1.82, 2.24) is 15.6 Å². The lowest BCUT2D eigenvalue weighted by Crippen LogP contribution is -2.43. The molecule has 0 saturated carbocycles. The molecule has 0 bridgehead atoms. The first-order valence-electron chi connectivity index (χ1n) is 10.2. The van der Waals surface area contributed by atoms with Crippen LogP contribution in [0.5, 0.6) is 0 Å². The number of hydrogen-bond donors (Lipinski definition) is 2. The fourth-order valence-electron chi connectivity index (χ4n) is 3.11. The minimum atomic E-state index is -0.920. The van der Waals surface area contributed by atoms with E-state index in [1.807, 2.05) is 26.0 Å². The highest BCUT2D eigenvalue weighted by molar-refractivity contribution is 6.39. The molecule has 8 heteroatoms. The smallest absolute Gasteiger partial charge is 0.328 e. The first-order chi connectivity index (χ1) is 15.0. The number of nitrogens with zero attached hydrogens (tertiary/aromatic N) is 1. The number of ether oxygens (including phenoxy) is 1. The zero-order chi connectivity index (χ0) is 22.8. The topological polar surface area (TPSA) is 80.3 Å². The summed E-state index contributed by atoms with van der Waals surface area (Å²) in [5.74, 6) is -1.12. The van der Waals surface area contributed by atoms with Crippen molar-refractivity contribution in [1.29, 1.82) is 0 Å². The number of rotatable bonds is 6. The van der Waals surface area contributed by atoms with Gasteiger partial charge in [0, 0.05) is 24.9 Å². The van der Waals surface area contributed by atoms with Crippen molar-refractivity contribution in [3.05, 3.63) is 69.5 Å². The van der Waals surface area contributed by atoms with E-state index in [2.05, 4.69) is 21.7 Å². The van der Waals surface area contributed by atoms with Crippen LogP contribution in [0.1, 0.15) is 41.9 Å². The Labute approximate surface area is 193 Å². The quantitative estimate of drug-likeness (QED) is 0.623. The van der Waals surface area contributed by atoms with E-state index in [9.17, 15) is 9.59 Å². The van der Waals surface area contributed by atoms with E-state index in [0.29, 0.717) is 5.69 Å². The van der Waals surface area contributed by atoms with Gasteiger partial charge in [-0.1, -0.05) is 55.3 Å². The molecule has 1 unspecified atom stereocenters. The third-order valence-electron chi connectivity index (χ3n) is 4.65. The SMILES string of the molecule is CC.COC(=O)C(Cc1ccc(C2=CCNCC2)cn1)NC(=O)c1c(Cl)cccc1Cl. The molecule has 0 radical (unpaired) electrons. The lowest BCUT2D eigenvalue weighted by molar-refractivity contribution is -0.142. The maximum atomic E-state index is 12.6. The highest BCUT2D eigenvalue weighted by atomic mass is 35.5. The van der Waals surface area contributed by atoms with Gasteiger partial charge in [-0.15, -0.1) is 0 Å². The van der Waals surface area contributed by atoms with E-state index in [1.54, 1.807) is 24.4 Å². The number of aromatic nitrogens is 1. The van der Waals surface area contributed by atoms with E-state index in [4.69, 9.17) is 27.9 Å². The van der Waals surface area contributed by atoms with Crippen LogP contribution in [0.4, 0.5) is 0 Å². The summed E-state index contributed by atoms with van der Waals surface area (Å²) in [5.41, 5.74) is 3.07. The van der Waals surface area contributed by atoms with Gasteiger partial charge in [0.15, 0.2) is 0 Å². The molecule has 0 spiro atoms. The Morgan fingerprint density at radius 1 is 1.19 bits per heavy atom. The Kier molecular flexibility index (Phi) is 9.98. The number of benzene rings is 1. The summed E-state index contributed by atoms with van der Waals surface area (Å²) in [5, 5.41) is 6.33. The van der Waals surface area contributed by atoms with Crippen molar-refractivity contribution in [2.75, 3.05) is 20.2 Å². The molecule has 1 amide bonds. The van der Waals surface area contributed by atoms with Crippen LogP contribution in [0.2, 0.25) is 10.0 Å². The molecule has 0 saturated heterocycles. The third-order valence-corrected chi connectivity index (χ3v) is 5.28. The van der Waals surface area contributed by atoms with Gasteiger partial charge in [-0.05, 0) is 42.3 Å². The normalized spacial score (nSPS) is 13.9.